The molecule has 0 N–H and O–H groups in total. The molecule has 1 atom stereocenters. The van der Waals surface area contributed by atoms with Crippen molar-refractivity contribution in [1.82, 2.24) is 0 Å². The van der Waals surface area contributed by atoms with Crippen LogP contribution in [0.1, 0.15) is 55.8 Å². The van der Waals surface area contributed by atoms with Crippen molar-refractivity contribution in [2.45, 2.75) is 53.0 Å². The summed E-state index contributed by atoms with van der Waals surface area (Å²) in [6.45, 7) is 8.41. The Morgan fingerprint density at radius 3 is 2.27 bits per heavy atom. The molecule has 2 aromatic carbocycles. The second-order valence-electron chi connectivity index (χ2n) is 9.32. The number of ketones is 2. The van der Waals surface area contributed by atoms with Gasteiger partial charge in [-0.3, -0.25) is 9.59 Å². The van der Waals surface area contributed by atoms with Crippen LogP contribution in [0.2, 0.25) is 0 Å². The first kappa shape index (κ1) is 20.4. The van der Waals surface area contributed by atoms with Gasteiger partial charge in [-0.15, -0.1) is 0 Å². The second-order valence-corrected chi connectivity index (χ2v) is 9.32. The summed E-state index contributed by atoms with van der Waals surface area (Å²) in [6.07, 6.45) is 1.43. The topological polar surface area (TPSA) is 46.6 Å². The Balaban J connectivity index is 1.90. The van der Waals surface area contributed by atoms with Crippen LogP contribution in [-0.2, 0) is 9.59 Å². The minimum absolute atomic E-state index is 0.0201. The van der Waals surface area contributed by atoms with E-state index in [9.17, 15) is 9.59 Å². The van der Waals surface area contributed by atoms with Crippen LogP contribution in [0.5, 0.6) is 5.75 Å². The van der Waals surface area contributed by atoms with Crippen LogP contribution in [0.25, 0.3) is 0 Å². The highest BCUT2D eigenvalue weighted by atomic mass is 16.5. The molecule has 0 spiro atoms. The van der Waals surface area contributed by atoms with E-state index in [1.165, 1.54) is 11.1 Å². The smallest absolute Gasteiger partial charge is 0.170 e. The summed E-state index contributed by atoms with van der Waals surface area (Å²) >= 11 is 0. The van der Waals surface area contributed by atoms with Crippen molar-refractivity contribution in [3.8, 4) is 5.75 Å². The van der Waals surface area contributed by atoms with Crippen molar-refractivity contribution < 1.29 is 14.3 Å². The molecule has 0 saturated carbocycles. The predicted octanol–water partition coefficient (Wildman–Crippen LogP) is 5.48. The second kappa shape index (κ2) is 7.42. The fourth-order valence-corrected chi connectivity index (χ4v) is 4.67. The highest BCUT2D eigenvalue weighted by Gasteiger charge is 2.44. The van der Waals surface area contributed by atoms with Gasteiger partial charge in [0, 0.05) is 24.2 Å². The highest BCUT2D eigenvalue weighted by molar-refractivity contribution is 6.22. The molecule has 4 nitrogen and oxygen atoms in total. The number of carbonyl (C=O) groups is 2. The van der Waals surface area contributed by atoms with E-state index in [2.05, 4.69) is 50.8 Å². The summed E-state index contributed by atoms with van der Waals surface area (Å²) in [5.74, 6) is 0.729. The maximum atomic E-state index is 13.1. The Morgan fingerprint density at radius 1 is 0.933 bits per heavy atom. The zero-order valence-corrected chi connectivity index (χ0v) is 18.4. The average molecular weight is 404 g/mol. The van der Waals surface area contributed by atoms with Gasteiger partial charge in [0.2, 0.25) is 0 Å². The average Bonchev–Trinajstić information content (AvgIpc) is 2.68. The quantitative estimate of drug-likeness (QED) is 0.637. The lowest BCUT2D eigenvalue weighted by atomic mass is 9.72. The zero-order chi connectivity index (χ0) is 21.6. The van der Waals surface area contributed by atoms with Crippen molar-refractivity contribution in [2.24, 2.45) is 5.41 Å². The van der Waals surface area contributed by atoms with E-state index in [-0.39, 0.29) is 23.0 Å². The lowest BCUT2D eigenvalue weighted by Gasteiger charge is -2.45. The number of methoxy groups -OCH3 is 1. The van der Waals surface area contributed by atoms with Gasteiger partial charge in [-0.2, -0.15) is 0 Å². The molecule has 0 fully saturated rings. The minimum atomic E-state index is -0.171. The van der Waals surface area contributed by atoms with Crippen LogP contribution in [0.3, 0.4) is 0 Å². The Bertz CT molecular complexity index is 1050. The Hall–Kier alpha value is -2.88. The van der Waals surface area contributed by atoms with Gasteiger partial charge in [0.25, 0.3) is 0 Å². The molecule has 1 unspecified atom stereocenters. The maximum Gasteiger partial charge on any atom is 0.170 e. The monoisotopic (exact) mass is 403 g/mol. The molecule has 0 radical (unpaired) electrons. The van der Waals surface area contributed by atoms with Gasteiger partial charge in [-0.1, -0.05) is 32.0 Å². The molecular formula is C26H29NO3. The van der Waals surface area contributed by atoms with Crippen molar-refractivity contribution >= 4 is 17.3 Å². The number of nitrogens with zero attached hydrogens (tertiary/aromatic N) is 1. The first-order valence-corrected chi connectivity index (χ1v) is 10.5. The van der Waals surface area contributed by atoms with Crippen LogP contribution in [0.4, 0.5) is 5.69 Å². The number of anilines is 1. The Morgan fingerprint density at radius 2 is 1.63 bits per heavy atom. The molecular weight excluding hydrogens is 374 g/mol. The third-order valence-corrected chi connectivity index (χ3v) is 6.38. The number of Topliss-reactive ketones (excluding diaryl/α,β-unsaturated/α-hetero) is 2. The number of hydrogen-bond donors (Lipinski definition) is 0. The van der Waals surface area contributed by atoms with Crippen LogP contribution < -0.4 is 9.64 Å². The van der Waals surface area contributed by atoms with Gasteiger partial charge in [0.15, 0.2) is 11.6 Å². The number of allylic oxidation sites excluding steroid dienone is 2. The number of ether oxygens (including phenoxy) is 1. The standard InChI is InChI=1S/C26H29NO3/c1-16-6-9-19(12-17(16)2)27-21(18-7-10-20(30-5)11-8-18)13-23(28)25-22(27)14-26(3,4)15-24(25)29/h6-12,21H,13-15H2,1-5H3. The predicted molar refractivity (Wildman–Crippen MR) is 119 cm³/mol. The number of rotatable bonds is 3. The molecule has 1 aliphatic carbocycles. The van der Waals surface area contributed by atoms with Crippen molar-refractivity contribution in [2.75, 3.05) is 12.0 Å². The highest BCUT2D eigenvalue weighted by Crippen LogP contribution is 2.47. The number of hydrogen-bond acceptors (Lipinski definition) is 4. The van der Waals surface area contributed by atoms with Crippen LogP contribution >= 0.6 is 0 Å². The van der Waals surface area contributed by atoms with E-state index >= 15 is 0 Å². The number of benzene rings is 2. The van der Waals surface area contributed by atoms with Gasteiger partial charge < -0.3 is 9.64 Å². The molecule has 0 amide bonds. The molecule has 2 aliphatic rings. The van der Waals surface area contributed by atoms with E-state index in [4.69, 9.17) is 4.74 Å². The normalized spacial score (nSPS) is 21.0. The summed E-state index contributed by atoms with van der Waals surface area (Å²) in [4.78, 5) is 28.3. The van der Waals surface area contributed by atoms with E-state index in [0.29, 0.717) is 24.8 Å². The molecule has 0 aromatic heterocycles. The van der Waals surface area contributed by atoms with Gasteiger partial charge in [0.1, 0.15) is 5.75 Å². The molecule has 30 heavy (non-hydrogen) atoms. The molecule has 4 rings (SSSR count). The molecule has 4 heteroatoms. The maximum absolute atomic E-state index is 13.1. The largest absolute Gasteiger partial charge is 0.497 e. The van der Waals surface area contributed by atoms with Crippen molar-refractivity contribution in [3.05, 3.63) is 70.4 Å². The molecule has 0 bridgehead atoms. The molecule has 156 valence electrons. The van der Waals surface area contributed by atoms with Gasteiger partial charge in [0.05, 0.1) is 18.7 Å². The summed E-state index contributed by atoms with van der Waals surface area (Å²) in [6, 6.07) is 14.1. The third-order valence-electron chi connectivity index (χ3n) is 6.38. The third kappa shape index (κ3) is 3.55. The minimum Gasteiger partial charge on any atom is -0.497 e. The van der Waals surface area contributed by atoms with Crippen molar-refractivity contribution in [1.29, 1.82) is 0 Å². The summed E-state index contributed by atoms with van der Waals surface area (Å²) < 4.78 is 5.31. The zero-order valence-electron chi connectivity index (χ0n) is 18.4. The van der Waals surface area contributed by atoms with E-state index in [1.54, 1.807) is 7.11 Å². The summed E-state index contributed by atoms with van der Waals surface area (Å²) in [5, 5.41) is 0. The first-order valence-electron chi connectivity index (χ1n) is 10.5. The van der Waals surface area contributed by atoms with E-state index in [1.807, 2.05) is 24.3 Å². The van der Waals surface area contributed by atoms with Gasteiger partial charge in [-0.05, 0) is 66.6 Å². The van der Waals surface area contributed by atoms with Gasteiger partial charge in [-0.25, -0.2) is 0 Å². The summed E-state index contributed by atoms with van der Waals surface area (Å²) in [5.41, 5.74) is 5.61. The molecule has 0 saturated heterocycles. The fraction of sp³-hybridized carbons (Fsp3) is 0.385. The molecule has 2 aromatic rings. The number of aryl methyl sites for hydroxylation is 2. The van der Waals surface area contributed by atoms with Crippen LogP contribution in [0.15, 0.2) is 53.7 Å². The lowest BCUT2D eigenvalue weighted by molar-refractivity contribution is -0.124. The van der Waals surface area contributed by atoms with Crippen molar-refractivity contribution in [3.63, 3.8) is 0 Å². The molecule has 1 heterocycles. The Kier molecular flexibility index (Phi) is 5.05. The number of carbonyl (C=O) groups excluding carboxylic acids is 2. The van der Waals surface area contributed by atoms with Gasteiger partial charge >= 0.3 is 0 Å². The summed E-state index contributed by atoms with van der Waals surface area (Å²) in [7, 11) is 1.65. The van der Waals surface area contributed by atoms with E-state index < -0.39 is 0 Å². The van der Waals surface area contributed by atoms with Crippen LogP contribution in [0, 0.1) is 19.3 Å². The molecule has 1 aliphatic heterocycles. The fourth-order valence-electron chi connectivity index (χ4n) is 4.67. The van der Waals surface area contributed by atoms with E-state index in [0.717, 1.165) is 22.7 Å². The lowest BCUT2D eigenvalue weighted by Crippen LogP contribution is -2.43. The Labute approximate surface area is 178 Å². The SMILES string of the molecule is COc1ccc(C2CC(=O)C3=C(CC(C)(C)CC3=O)N2c2ccc(C)c(C)c2)cc1. The van der Waals surface area contributed by atoms with Crippen LogP contribution in [-0.4, -0.2) is 18.7 Å². The first-order chi connectivity index (χ1) is 14.2.